The largest absolute Gasteiger partial charge is 0.335 e. The quantitative estimate of drug-likeness (QED) is 0.786. The number of rotatable bonds is 4. The average Bonchev–Trinajstić information content (AvgIpc) is 2.86. The number of hydrogen-bond acceptors (Lipinski definition) is 3. The number of Topliss-reactive ketones (excluding diaryl/α,β-unsaturated/α-hetero) is 1. The maximum Gasteiger partial charge on any atom is 0.180 e. The van der Waals surface area contributed by atoms with Gasteiger partial charge >= 0.3 is 0 Å². The zero-order valence-electron chi connectivity index (χ0n) is 8.81. The zero-order valence-corrected chi connectivity index (χ0v) is 10.4. The summed E-state index contributed by atoms with van der Waals surface area (Å²) in [6, 6.07) is 3.50. The molecule has 0 aliphatic rings. The van der Waals surface area contributed by atoms with Crippen molar-refractivity contribution < 1.29 is 4.79 Å². The van der Waals surface area contributed by atoms with Gasteiger partial charge in [0.15, 0.2) is 5.78 Å². The molecule has 0 saturated carbocycles. The van der Waals surface area contributed by atoms with Crippen molar-refractivity contribution in [3.8, 4) is 0 Å². The van der Waals surface area contributed by atoms with E-state index in [1.165, 1.54) is 11.3 Å². The maximum absolute atomic E-state index is 11.9. The molecular weight excluding hydrogens is 244 g/mol. The standard InChI is InChI=1S/C11H11ClN2OS/c1-2-14-6-5-13-11(14)7-8(15)9-3-4-10(12)16-9/h3-6H,2,7H2,1H3. The minimum atomic E-state index is 0.0674. The van der Waals surface area contributed by atoms with Crippen LogP contribution >= 0.6 is 22.9 Å². The van der Waals surface area contributed by atoms with Crippen LogP contribution in [0, 0.1) is 0 Å². The summed E-state index contributed by atoms with van der Waals surface area (Å²) in [7, 11) is 0. The molecule has 2 aromatic rings. The smallest absolute Gasteiger partial charge is 0.180 e. The van der Waals surface area contributed by atoms with E-state index in [4.69, 9.17) is 11.6 Å². The van der Waals surface area contributed by atoms with Crippen molar-refractivity contribution in [2.75, 3.05) is 0 Å². The lowest BCUT2D eigenvalue weighted by molar-refractivity contribution is 0.0993. The fourth-order valence-electron chi connectivity index (χ4n) is 1.49. The van der Waals surface area contributed by atoms with E-state index in [0.717, 1.165) is 12.4 Å². The summed E-state index contributed by atoms with van der Waals surface area (Å²) < 4.78 is 2.61. The molecule has 0 aromatic carbocycles. The Labute approximate surface area is 103 Å². The number of hydrogen-bond donors (Lipinski definition) is 0. The zero-order chi connectivity index (χ0) is 11.5. The van der Waals surface area contributed by atoms with Crippen LogP contribution in [0.1, 0.15) is 22.4 Å². The average molecular weight is 255 g/mol. The van der Waals surface area contributed by atoms with Crippen LogP contribution in [0.15, 0.2) is 24.5 Å². The second-order valence-corrected chi connectivity index (χ2v) is 5.05. The first-order valence-electron chi connectivity index (χ1n) is 4.99. The fourth-order valence-corrected chi connectivity index (χ4v) is 2.47. The number of halogens is 1. The molecule has 0 aliphatic carbocycles. The second kappa shape index (κ2) is 4.80. The molecule has 0 unspecified atom stereocenters. The Morgan fingerprint density at radius 2 is 2.38 bits per heavy atom. The number of nitrogens with zero attached hydrogens (tertiary/aromatic N) is 2. The molecule has 0 bridgehead atoms. The number of aromatic nitrogens is 2. The molecule has 5 heteroatoms. The van der Waals surface area contributed by atoms with Gasteiger partial charge in [0.1, 0.15) is 5.82 Å². The summed E-state index contributed by atoms with van der Waals surface area (Å²) in [5, 5.41) is 0. The number of thiophene rings is 1. The Balaban J connectivity index is 2.13. The summed E-state index contributed by atoms with van der Waals surface area (Å²) in [6.45, 7) is 2.85. The molecule has 84 valence electrons. The number of carbonyl (C=O) groups excluding carboxylic acids is 1. The molecule has 0 amide bonds. The Morgan fingerprint density at radius 1 is 1.56 bits per heavy atom. The Kier molecular flexibility index (Phi) is 3.41. The molecule has 0 aliphatic heterocycles. The molecule has 16 heavy (non-hydrogen) atoms. The van der Waals surface area contributed by atoms with Crippen molar-refractivity contribution in [1.82, 2.24) is 9.55 Å². The number of carbonyl (C=O) groups is 1. The molecule has 0 saturated heterocycles. The summed E-state index contributed by atoms with van der Waals surface area (Å²) in [5.41, 5.74) is 0. The minimum absolute atomic E-state index is 0.0674. The van der Waals surface area contributed by atoms with E-state index in [1.807, 2.05) is 17.7 Å². The summed E-state index contributed by atoms with van der Waals surface area (Å²) in [4.78, 5) is 16.8. The molecule has 2 aromatic heterocycles. The number of aryl methyl sites for hydroxylation is 1. The SMILES string of the molecule is CCn1ccnc1CC(=O)c1ccc(Cl)s1. The summed E-state index contributed by atoms with van der Waals surface area (Å²) >= 11 is 7.10. The second-order valence-electron chi connectivity index (χ2n) is 3.33. The van der Waals surface area contributed by atoms with Crippen molar-refractivity contribution in [1.29, 1.82) is 0 Å². The topological polar surface area (TPSA) is 34.9 Å². The highest BCUT2D eigenvalue weighted by Crippen LogP contribution is 2.22. The normalized spacial score (nSPS) is 10.6. The van der Waals surface area contributed by atoms with Crippen LogP contribution in [0.5, 0.6) is 0 Å². The molecule has 0 atom stereocenters. The third-order valence-electron chi connectivity index (χ3n) is 2.31. The van der Waals surface area contributed by atoms with E-state index in [1.54, 1.807) is 18.3 Å². The van der Waals surface area contributed by atoms with Gasteiger partial charge in [0.2, 0.25) is 0 Å². The van der Waals surface area contributed by atoms with Crippen molar-refractivity contribution >= 4 is 28.7 Å². The number of imidazole rings is 1. The van der Waals surface area contributed by atoms with Gasteiger partial charge in [-0.25, -0.2) is 4.98 Å². The van der Waals surface area contributed by atoms with Gasteiger partial charge in [-0.15, -0.1) is 11.3 Å². The van der Waals surface area contributed by atoms with Gasteiger partial charge < -0.3 is 4.57 Å². The van der Waals surface area contributed by atoms with Gasteiger partial charge in [0.05, 0.1) is 15.6 Å². The molecule has 0 spiro atoms. The summed E-state index contributed by atoms with van der Waals surface area (Å²) in [5.74, 6) is 0.870. The molecule has 2 rings (SSSR count). The minimum Gasteiger partial charge on any atom is -0.335 e. The lowest BCUT2D eigenvalue weighted by Crippen LogP contribution is -2.08. The Bertz CT molecular complexity index is 504. The van der Waals surface area contributed by atoms with Gasteiger partial charge in [0, 0.05) is 18.9 Å². The molecule has 0 N–H and O–H groups in total. The predicted molar refractivity (Wildman–Crippen MR) is 65.3 cm³/mol. The van der Waals surface area contributed by atoms with Crippen LogP contribution in [0.25, 0.3) is 0 Å². The van der Waals surface area contributed by atoms with Crippen LogP contribution in [0.3, 0.4) is 0 Å². The first-order chi connectivity index (χ1) is 7.70. The Hall–Kier alpha value is -1.13. The van der Waals surface area contributed by atoms with Crippen LogP contribution in [0.2, 0.25) is 4.34 Å². The van der Waals surface area contributed by atoms with Crippen LogP contribution in [-0.4, -0.2) is 15.3 Å². The van der Waals surface area contributed by atoms with Gasteiger partial charge in [-0.05, 0) is 19.1 Å². The van der Waals surface area contributed by atoms with Crippen molar-refractivity contribution in [3.63, 3.8) is 0 Å². The van der Waals surface area contributed by atoms with Crippen LogP contribution < -0.4 is 0 Å². The van der Waals surface area contributed by atoms with Crippen molar-refractivity contribution in [2.45, 2.75) is 19.9 Å². The van der Waals surface area contributed by atoms with Gasteiger partial charge in [-0.2, -0.15) is 0 Å². The van der Waals surface area contributed by atoms with Crippen LogP contribution in [0.4, 0.5) is 0 Å². The van der Waals surface area contributed by atoms with Gasteiger partial charge in [-0.3, -0.25) is 4.79 Å². The molecular formula is C11H11ClN2OS. The van der Waals surface area contributed by atoms with E-state index in [-0.39, 0.29) is 5.78 Å². The Morgan fingerprint density at radius 3 is 3.00 bits per heavy atom. The van der Waals surface area contributed by atoms with E-state index >= 15 is 0 Å². The highest BCUT2D eigenvalue weighted by Gasteiger charge is 2.12. The third kappa shape index (κ3) is 2.33. The lowest BCUT2D eigenvalue weighted by Gasteiger charge is -2.02. The molecule has 3 nitrogen and oxygen atoms in total. The first-order valence-corrected chi connectivity index (χ1v) is 6.18. The first kappa shape index (κ1) is 11.4. The molecule has 0 radical (unpaired) electrons. The monoisotopic (exact) mass is 254 g/mol. The number of ketones is 1. The molecule has 0 fully saturated rings. The maximum atomic E-state index is 11.9. The fraction of sp³-hybridized carbons (Fsp3) is 0.273. The highest BCUT2D eigenvalue weighted by atomic mass is 35.5. The van der Waals surface area contributed by atoms with Gasteiger partial charge in [0.25, 0.3) is 0 Å². The van der Waals surface area contributed by atoms with E-state index in [0.29, 0.717) is 15.6 Å². The predicted octanol–water partition coefficient (Wildman–Crippen LogP) is 3.04. The van der Waals surface area contributed by atoms with Crippen molar-refractivity contribution in [2.24, 2.45) is 0 Å². The van der Waals surface area contributed by atoms with E-state index < -0.39 is 0 Å². The van der Waals surface area contributed by atoms with E-state index in [9.17, 15) is 4.79 Å². The van der Waals surface area contributed by atoms with Crippen LogP contribution in [-0.2, 0) is 13.0 Å². The molecule has 2 heterocycles. The summed E-state index contributed by atoms with van der Waals surface area (Å²) in [6.07, 6.45) is 3.93. The van der Waals surface area contributed by atoms with E-state index in [2.05, 4.69) is 4.98 Å². The lowest BCUT2D eigenvalue weighted by atomic mass is 10.2. The van der Waals surface area contributed by atoms with Crippen molar-refractivity contribution in [3.05, 3.63) is 39.6 Å². The third-order valence-corrected chi connectivity index (χ3v) is 3.58. The van der Waals surface area contributed by atoms with Gasteiger partial charge in [-0.1, -0.05) is 11.6 Å². The highest BCUT2D eigenvalue weighted by molar-refractivity contribution is 7.18.